The monoisotopic (exact) mass is 884 g/mol. The first kappa shape index (κ1) is 48.8. The van der Waals surface area contributed by atoms with Gasteiger partial charge in [0.1, 0.15) is 0 Å². The molecule has 4 aromatic carbocycles. The molecule has 1 saturated heterocycles. The summed E-state index contributed by atoms with van der Waals surface area (Å²) in [6, 6.07) is 22.0. The zero-order valence-electron chi connectivity index (χ0n) is 32.0. The number of amides is 1. The number of aliphatic carboxylic acids is 3. The number of benzene rings is 4. The summed E-state index contributed by atoms with van der Waals surface area (Å²) in [7, 11) is 0.583. The quantitative estimate of drug-likeness (QED) is 0.103. The van der Waals surface area contributed by atoms with E-state index < -0.39 is 64.8 Å². The second-order valence-electron chi connectivity index (χ2n) is 14.2. The van der Waals surface area contributed by atoms with Crippen molar-refractivity contribution in [2.24, 2.45) is 0 Å². The first-order valence-corrected chi connectivity index (χ1v) is 20.4. The van der Waals surface area contributed by atoms with Crippen LogP contribution in [0.3, 0.4) is 0 Å². The van der Waals surface area contributed by atoms with Crippen molar-refractivity contribution in [1.82, 2.24) is 9.80 Å². The van der Waals surface area contributed by atoms with Crippen LogP contribution in [0.1, 0.15) is 71.0 Å². The lowest BCUT2D eigenvalue weighted by molar-refractivity contribution is -0.170. The van der Waals surface area contributed by atoms with Crippen LogP contribution in [0.5, 0.6) is 0 Å². The number of piperidine rings is 1. The lowest BCUT2D eigenvalue weighted by Crippen LogP contribution is -2.42. The van der Waals surface area contributed by atoms with Gasteiger partial charge in [-0.05, 0) is 97.0 Å². The van der Waals surface area contributed by atoms with Crippen LogP contribution in [0.15, 0.2) is 83.8 Å². The second kappa shape index (κ2) is 21.1. The lowest BCUT2D eigenvalue weighted by Gasteiger charge is -2.34. The average molecular weight is 886 g/mol. The molecule has 59 heavy (non-hydrogen) atoms. The fourth-order valence-electron chi connectivity index (χ4n) is 7.00. The third-order valence-corrected chi connectivity index (χ3v) is 11.7. The van der Waals surface area contributed by atoms with Gasteiger partial charge in [-0.1, -0.05) is 71.7 Å². The Morgan fingerprint density at radius 1 is 0.881 bits per heavy atom. The Morgan fingerprint density at radius 3 is 2.03 bits per heavy atom. The summed E-state index contributed by atoms with van der Waals surface area (Å²) in [5.41, 5.74) is -1.50. The predicted octanol–water partition coefficient (Wildman–Crippen LogP) is 6.96. The largest absolute Gasteiger partial charge is 0.481 e. The number of rotatable bonds is 14. The number of fused-ring (bicyclic) bond motifs is 1. The zero-order chi connectivity index (χ0) is 42.9. The summed E-state index contributed by atoms with van der Waals surface area (Å²) in [5, 5.41) is 35.5. The molecule has 1 fully saturated rings. The molecule has 0 spiro atoms. The van der Waals surface area contributed by atoms with Crippen molar-refractivity contribution in [2.75, 3.05) is 39.5 Å². The van der Waals surface area contributed by atoms with Crippen LogP contribution in [-0.4, -0.2) is 109 Å². The molecule has 4 aromatic rings. The minimum Gasteiger partial charge on any atom is -0.481 e. The van der Waals surface area contributed by atoms with Crippen molar-refractivity contribution in [3.05, 3.63) is 111 Å². The van der Waals surface area contributed by atoms with E-state index in [0.29, 0.717) is 33.2 Å². The van der Waals surface area contributed by atoms with E-state index >= 15 is 0 Å². The van der Waals surface area contributed by atoms with E-state index in [0.717, 1.165) is 60.6 Å². The van der Waals surface area contributed by atoms with E-state index in [1.54, 1.807) is 49.7 Å². The predicted molar refractivity (Wildman–Crippen MR) is 218 cm³/mol. The molecule has 1 heterocycles. The summed E-state index contributed by atoms with van der Waals surface area (Å²) in [6.45, 7) is 2.82. The van der Waals surface area contributed by atoms with Gasteiger partial charge < -0.3 is 35.7 Å². The van der Waals surface area contributed by atoms with Crippen molar-refractivity contribution in [3.63, 3.8) is 0 Å². The third-order valence-electron chi connectivity index (χ3n) is 10.0. The van der Waals surface area contributed by atoms with Gasteiger partial charge in [0.25, 0.3) is 5.91 Å². The maximum absolute atomic E-state index is 13.8. The van der Waals surface area contributed by atoms with Gasteiger partial charge in [-0.25, -0.2) is 4.79 Å². The number of carboxylic acid groups (broad SMARTS) is 3. The van der Waals surface area contributed by atoms with Crippen molar-refractivity contribution in [3.8, 4) is 0 Å². The molecule has 1 unspecified atom stereocenters. The highest BCUT2D eigenvalue weighted by atomic mass is 35.5. The van der Waals surface area contributed by atoms with Gasteiger partial charge in [0, 0.05) is 36.2 Å². The van der Waals surface area contributed by atoms with E-state index in [1.165, 1.54) is 4.90 Å². The van der Waals surface area contributed by atoms with Crippen molar-refractivity contribution >= 4 is 68.6 Å². The number of carboxylic acids is 3. The topological polar surface area (TPSA) is 204 Å². The van der Waals surface area contributed by atoms with Gasteiger partial charge in [-0.2, -0.15) is 13.2 Å². The number of carbonyl (C=O) groups is 4. The van der Waals surface area contributed by atoms with Crippen molar-refractivity contribution < 1.29 is 62.5 Å². The number of likely N-dealkylation sites (N-methyl/N-ethyl adjacent to an activating group) is 1. The summed E-state index contributed by atoms with van der Waals surface area (Å²) in [4.78, 5) is 49.0. The summed E-state index contributed by atoms with van der Waals surface area (Å²) in [6.07, 6.45) is -2.54. The zero-order valence-corrected chi connectivity index (χ0v) is 34.4. The molecule has 18 heteroatoms. The molecule has 0 aromatic heterocycles. The molecule has 1 amide bonds. The van der Waals surface area contributed by atoms with Crippen molar-refractivity contribution in [1.29, 1.82) is 0 Å². The van der Waals surface area contributed by atoms with Crippen LogP contribution < -0.4 is 0 Å². The maximum Gasteiger partial charge on any atom is 0.416 e. The normalized spacial score (nSPS) is 14.6. The fourth-order valence-corrected chi connectivity index (χ4v) is 8.14. The minimum absolute atomic E-state index is 0. The van der Waals surface area contributed by atoms with Crippen molar-refractivity contribution in [2.45, 2.75) is 60.6 Å². The van der Waals surface area contributed by atoms with Gasteiger partial charge in [0.15, 0.2) is 5.60 Å². The highest BCUT2D eigenvalue weighted by Gasteiger charge is 2.41. The smallest absolute Gasteiger partial charge is 0.416 e. The Bertz CT molecular complexity index is 2150. The summed E-state index contributed by atoms with van der Waals surface area (Å²) >= 11 is 12.6. The van der Waals surface area contributed by atoms with Crippen LogP contribution in [0.2, 0.25) is 10.0 Å². The molecule has 12 nitrogen and oxygen atoms in total. The van der Waals surface area contributed by atoms with E-state index in [4.69, 9.17) is 43.6 Å². The lowest BCUT2D eigenvalue weighted by atomic mass is 9.88. The Morgan fingerprint density at radius 2 is 1.47 bits per heavy atom. The highest BCUT2D eigenvalue weighted by Crippen LogP contribution is 2.36. The van der Waals surface area contributed by atoms with E-state index in [2.05, 4.69) is 11.0 Å². The van der Waals surface area contributed by atoms with E-state index in [9.17, 15) is 36.6 Å². The molecule has 1 aliphatic rings. The fraction of sp³-hybridized carbons (Fsp3) is 0.366. The Hall–Kier alpha value is -4.58. The summed E-state index contributed by atoms with van der Waals surface area (Å²) in [5.74, 6) is -5.28. The molecule has 1 aliphatic heterocycles. The van der Waals surface area contributed by atoms with Gasteiger partial charge in [0.05, 0.1) is 39.2 Å². The van der Waals surface area contributed by atoms with Gasteiger partial charge in [-0.15, -0.1) is 0 Å². The van der Waals surface area contributed by atoms with E-state index in [-0.39, 0.29) is 23.5 Å². The number of hydrogen-bond donors (Lipinski definition) is 4. The average Bonchev–Trinajstić information content (AvgIpc) is 3.16. The maximum atomic E-state index is 13.8. The Labute approximate surface area is 350 Å². The number of likely N-dealkylation sites (tertiary alicyclic amines) is 1. The number of nitrogens with zero attached hydrogens (tertiary/aromatic N) is 2. The van der Waals surface area contributed by atoms with Gasteiger partial charge in [0.2, 0.25) is 0 Å². The van der Waals surface area contributed by atoms with Crippen LogP contribution in [0.25, 0.3) is 10.8 Å². The number of alkyl halides is 3. The highest BCUT2D eigenvalue weighted by molar-refractivity contribution is 7.84. The number of carbonyl (C=O) groups excluding carboxylic acids is 1. The summed E-state index contributed by atoms with van der Waals surface area (Å²) < 4.78 is 53.5. The molecule has 0 bridgehead atoms. The number of aliphatic hydroxyl groups is 1. The van der Waals surface area contributed by atoms with Gasteiger partial charge >= 0.3 is 24.1 Å². The molecule has 0 aliphatic carbocycles. The Kier molecular flexibility index (Phi) is 17.4. The van der Waals surface area contributed by atoms with Crippen LogP contribution >= 0.6 is 23.2 Å². The molecule has 0 radical (unpaired) electrons. The molecular formula is C41H45Cl2F3N2O10S. The molecule has 6 N–H and O–H groups in total. The number of hydrogen-bond acceptors (Lipinski definition) is 7. The molecule has 2 atom stereocenters. The third kappa shape index (κ3) is 13.2. The van der Waals surface area contributed by atoms with E-state index in [1.807, 2.05) is 24.3 Å². The Balaban J connectivity index is 0.000000574. The second-order valence-corrected chi connectivity index (χ2v) is 16.3. The minimum atomic E-state index is -4.58. The SMILES string of the molecule is CN(CC(CCN1CCC(c2ccccc2[S@](C)=O)CC1)c1ccc(Cl)c(Cl)c1)C(=O)c1cc(C(F)(F)F)cc2ccccc12.O.O=C(O)CC(O)(CC(=O)O)C(=O)O. The van der Waals surface area contributed by atoms with Crippen LogP contribution in [0.4, 0.5) is 13.2 Å². The van der Waals surface area contributed by atoms with Crippen LogP contribution in [-0.2, 0) is 31.4 Å². The standard InChI is InChI=1S/C35H35Cl2F3N2O2S.C6H8O7.H2O/c1-41(34(43)30-21-27(35(38,39)40)19-25-7-3-4-8-28(25)30)22-26(24-11-12-31(36)32(37)20-24)15-18-42-16-13-23(14-17-42)29-9-5-6-10-33(29)45(2)44;7-3(8)1-6(13,5(11)12)2-4(9)10;/h3-12,19-21,23,26H,13-18,22H2,1-2H3;13H,1-2H2,(H,7,8)(H,9,10)(H,11,12);1H2/t26?,45-;;/m0../s1. The molecule has 5 rings (SSSR count). The molecular weight excluding hydrogens is 840 g/mol. The first-order chi connectivity index (χ1) is 27.2. The van der Waals surface area contributed by atoms with Crippen LogP contribution in [0, 0.1) is 0 Å². The molecule has 320 valence electrons. The number of halogens is 5. The first-order valence-electron chi connectivity index (χ1n) is 18.0. The molecule has 0 saturated carbocycles. The van der Waals surface area contributed by atoms with Gasteiger partial charge in [-0.3, -0.25) is 18.6 Å².